The highest BCUT2D eigenvalue weighted by Gasteiger charge is 2.36. The molecule has 1 saturated heterocycles. The summed E-state index contributed by atoms with van der Waals surface area (Å²) in [4.78, 5) is 6.93. The van der Waals surface area contributed by atoms with Crippen LogP contribution in [0.25, 0.3) is 0 Å². The molecule has 1 aromatic rings. The first-order chi connectivity index (χ1) is 8.29. The molecule has 0 aromatic carbocycles. The van der Waals surface area contributed by atoms with Gasteiger partial charge in [0.1, 0.15) is 0 Å². The molecular formula is C13H17ClN2O. The van der Waals surface area contributed by atoms with Crippen molar-refractivity contribution < 1.29 is 4.74 Å². The Bertz CT molecular complexity index is 424. The van der Waals surface area contributed by atoms with Gasteiger partial charge in [-0.1, -0.05) is 24.9 Å². The minimum atomic E-state index is 0.501. The third-order valence-electron chi connectivity index (χ3n) is 3.91. The van der Waals surface area contributed by atoms with E-state index in [4.69, 9.17) is 16.3 Å². The summed E-state index contributed by atoms with van der Waals surface area (Å²) in [6, 6.07) is 2.55. The van der Waals surface area contributed by atoms with Crippen molar-refractivity contribution in [2.45, 2.75) is 25.8 Å². The number of hydrogen-bond donors (Lipinski definition) is 0. The molecular weight excluding hydrogens is 236 g/mol. The summed E-state index contributed by atoms with van der Waals surface area (Å²) < 4.78 is 5.62. The molecule has 0 aliphatic carbocycles. The van der Waals surface area contributed by atoms with Crippen molar-refractivity contribution in [3.8, 4) is 0 Å². The van der Waals surface area contributed by atoms with E-state index in [0.717, 1.165) is 31.2 Å². The summed E-state index contributed by atoms with van der Waals surface area (Å²) in [5.41, 5.74) is 2.41. The van der Waals surface area contributed by atoms with Crippen LogP contribution in [0, 0.1) is 5.92 Å². The van der Waals surface area contributed by atoms with E-state index in [-0.39, 0.29) is 0 Å². The molecule has 1 aromatic heterocycles. The average molecular weight is 253 g/mol. The lowest BCUT2D eigenvalue weighted by Crippen LogP contribution is -2.52. The zero-order valence-corrected chi connectivity index (χ0v) is 10.8. The molecule has 2 unspecified atom stereocenters. The average Bonchev–Trinajstić information content (AvgIpc) is 2.38. The van der Waals surface area contributed by atoms with Crippen molar-refractivity contribution in [3.05, 3.63) is 23.0 Å². The van der Waals surface area contributed by atoms with Gasteiger partial charge in [-0.25, -0.2) is 0 Å². The summed E-state index contributed by atoms with van der Waals surface area (Å²) in [6.45, 7) is 4.85. The van der Waals surface area contributed by atoms with Crippen LogP contribution in [0.2, 0.25) is 5.02 Å². The molecule has 3 nitrogen and oxygen atoms in total. The van der Waals surface area contributed by atoms with Gasteiger partial charge in [0.15, 0.2) is 0 Å². The van der Waals surface area contributed by atoms with Gasteiger partial charge in [-0.05, 0) is 18.4 Å². The molecule has 17 heavy (non-hydrogen) atoms. The first-order valence-corrected chi connectivity index (χ1v) is 6.66. The van der Waals surface area contributed by atoms with Gasteiger partial charge >= 0.3 is 0 Å². The maximum Gasteiger partial charge on any atom is 0.0673 e. The largest absolute Gasteiger partial charge is 0.377 e. The first-order valence-electron chi connectivity index (χ1n) is 6.28. The standard InChI is InChI=1S/C13H17ClN2O/c1-2-9-5-11-12(6-10(14)7-15-11)16-3-4-17-8-13(9)16/h6-7,9,13H,2-5,8H2,1H3. The lowest BCUT2D eigenvalue weighted by atomic mass is 9.86. The van der Waals surface area contributed by atoms with Crippen molar-refractivity contribution >= 4 is 17.3 Å². The number of aromatic nitrogens is 1. The molecule has 4 heteroatoms. The number of hydrogen-bond acceptors (Lipinski definition) is 3. The van der Waals surface area contributed by atoms with Crippen LogP contribution >= 0.6 is 11.6 Å². The molecule has 0 bridgehead atoms. The van der Waals surface area contributed by atoms with Gasteiger partial charge in [-0.15, -0.1) is 0 Å². The second-order valence-corrected chi connectivity index (χ2v) is 5.26. The SMILES string of the molecule is CCC1Cc2ncc(Cl)cc2N2CCOCC12. The van der Waals surface area contributed by atoms with Gasteiger partial charge in [0.05, 0.1) is 35.7 Å². The second kappa shape index (κ2) is 4.46. The molecule has 0 N–H and O–H groups in total. The van der Waals surface area contributed by atoms with E-state index < -0.39 is 0 Å². The summed E-state index contributed by atoms with van der Waals surface area (Å²) in [6.07, 6.45) is 3.98. The van der Waals surface area contributed by atoms with Crippen molar-refractivity contribution in [1.29, 1.82) is 0 Å². The highest BCUT2D eigenvalue weighted by molar-refractivity contribution is 6.30. The Kier molecular flexibility index (Phi) is 2.97. The Morgan fingerprint density at radius 1 is 1.59 bits per heavy atom. The second-order valence-electron chi connectivity index (χ2n) is 4.83. The maximum absolute atomic E-state index is 6.06. The van der Waals surface area contributed by atoms with Crippen LogP contribution in [0.3, 0.4) is 0 Å². The molecule has 2 atom stereocenters. The van der Waals surface area contributed by atoms with Gasteiger partial charge < -0.3 is 9.64 Å². The van der Waals surface area contributed by atoms with E-state index in [1.54, 1.807) is 6.20 Å². The van der Waals surface area contributed by atoms with Crippen LogP contribution in [0.1, 0.15) is 19.0 Å². The molecule has 92 valence electrons. The zero-order chi connectivity index (χ0) is 11.8. The summed E-state index contributed by atoms with van der Waals surface area (Å²) in [7, 11) is 0. The number of ether oxygens (including phenoxy) is 1. The number of nitrogens with zero attached hydrogens (tertiary/aromatic N) is 2. The lowest BCUT2D eigenvalue weighted by molar-refractivity contribution is 0.0709. The summed E-state index contributed by atoms with van der Waals surface area (Å²) in [5, 5.41) is 0.726. The Labute approximate surface area is 107 Å². The maximum atomic E-state index is 6.06. The Balaban J connectivity index is 2.02. The van der Waals surface area contributed by atoms with Gasteiger partial charge in [0.25, 0.3) is 0 Å². The van der Waals surface area contributed by atoms with Crippen molar-refractivity contribution in [2.24, 2.45) is 5.92 Å². The van der Waals surface area contributed by atoms with E-state index in [0.29, 0.717) is 12.0 Å². The third kappa shape index (κ3) is 1.91. The zero-order valence-electron chi connectivity index (χ0n) is 10.0. The van der Waals surface area contributed by atoms with Crippen molar-refractivity contribution in [2.75, 3.05) is 24.7 Å². The van der Waals surface area contributed by atoms with Crippen LogP contribution in [-0.2, 0) is 11.2 Å². The number of fused-ring (bicyclic) bond motifs is 3. The van der Waals surface area contributed by atoms with Crippen LogP contribution in [-0.4, -0.2) is 30.8 Å². The van der Waals surface area contributed by atoms with E-state index in [1.807, 2.05) is 6.07 Å². The monoisotopic (exact) mass is 252 g/mol. The number of anilines is 1. The van der Waals surface area contributed by atoms with Crippen LogP contribution in [0.4, 0.5) is 5.69 Å². The van der Waals surface area contributed by atoms with Crippen molar-refractivity contribution in [3.63, 3.8) is 0 Å². The Morgan fingerprint density at radius 3 is 3.29 bits per heavy atom. The molecule has 0 spiro atoms. The van der Waals surface area contributed by atoms with Crippen LogP contribution in [0.15, 0.2) is 12.3 Å². The molecule has 2 aliphatic rings. The summed E-state index contributed by atoms with van der Waals surface area (Å²) in [5.74, 6) is 0.650. The topological polar surface area (TPSA) is 25.4 Å². The van der Waals surface area contributed by atoms with E-state index in [9.17, 15) is 0 Å². The minimum Gasteiger partial charge on any atom is -0.377 e. The van der Waals surface area contributed by atoms with Crippen molar-refractivity contribution in [1.82, 2.24) is 4.98 Å². The molecule has 3 rings (SSSR count). The lowest BCUT2D eigenvalue weighted by Gasteiger charge is -2.45. The van der Waals surface area contributed by atoms with Crippen LogP contribution in [0.5, 0.6) is 0 Å². The molecule has 0 radical (unpaired) electrons. The fourth-order valence-corrected chi connectivity index (χ4v) is 3.13. The van der Waals surface area contributed by atoms with Crippen LogP contribution < -0.4 is 4.90 Å². The Morgan fingerprint density at radius 2 is 2.47 bits per heavy atom. The molecule has 1 fully saturated rings. The minimum absolute atomic E-state index is 0.501. The number of pyridine rings is 1. The molecule has 2 aliphatic heterocycles. The molecule has 0 saturated carbocycles. The first kappa shape index (κ1) is 11.3. The van der Waals surface area contributed by atoms with E-state index in [2.05, 4.69) is 16.8 Å². The Hall–Kier alpha value is -0.800. The quantitative estimate of drug-likeness (QED) is 0.768. The molecule has 0 amide bonds. The fourth-order valence-electron chi connectivity index (χ4n) is 2.98. The smallest absolute Gasteiger partial charge is 0.0673 e. The molecule has 3 heterocycles. The van der Waals surface area contributed by atoms with E-state index in [1.165, 1.54) is 17.8 Å². The van der Waals surface area contributed by atoms with Gasteiger partial charge in [-0.2, -0.15) is 0 Å². The summed E-state index contributed by atoms with van der Waals surface area (Å²) >= 11 is 6.06. The highest BCUT2D eigenvalue weighted by atomic mass is 35.5. The number of halogens is 1. The van der Waals surface area contributed by atoms with E-state index >= 15 is 0 Å². The van der Waals surface area contributed by atoms with Gasteiger partial charge in [-0.3, -0.25) is 4.98 Å². The van der Waals surface area contributed by atoms with Gasteiger partial charge in [0.2, 0.25) is 0 Å². The number of morpholine rings is 1. The predicted octanol–water partition coefficient (Wildman–Crippen LogP) is 2.52. The fraction of sp³-hybridized carbons (Fsp3) is 0.615. The van der Waals surface area contributed by atoms with Gasteiger partial charge in [0, 0.05) is 12.7 Å². The predicted molar refractivity (Wildman–Crippen MR) is 68.7 cm³/mol. The normalized spacial score (nSPS) is 27.5. The highest BCUT2D eigenvalue weighted by Crippen LogP contribution is 2.36. The number of rotatable bonds is 1. The third-order valence-corrected chi connectivity index (χ3v) is 4.12.